The molecule has 2 amide bonds. The van der Waals surface area contributed by atoms with Crippen LogP contribution >= 0.6 is 0 Å². The van der Waals surface area contributed by atoms with Crippen LogP contribution in [0, 0.1) is 24.1 Å². The molecule has 2 aliphatic heterocycles. The SMILES string of the molecule is Cc1c(F)cccc1[C@H]1[C@H](C(=O)N2CCC[C@H]2C(F)(F)F)CNC[C@]1(CCCCN(C)C)C(=O)c1cccc(C(N)=O)c1. The molecule has 2 aromatic carbocycles. The van der Waals surface area contributed by atoms with Crippen LogP contribution in [-0.4, -0.2) is 79.9 Å². The first kappa shape index (κ1) is 32.6. The fraction of sp³-hybridized carbons (Fsp3) is 0.531. The largest absolute Gasteiger partial charge is 0.408 e. The lowest BCUT2D eigenvalue weighted by Gasteiger charge is -2.49. The number of nitrogens with one attached hydrogen (secondary N) is 1. The molecule has 3 N–H and O–H groups in total. The minimum absolute atomic E-state index is 0.0363. The molecule has 0 unspecified atom stereocenters. The molecule has 0 saturated carbocycles. The average molecular weight is 605 g/mol. The Morgan fingerprint density at radius 1 is 1.09 bits per heavy atom. The molecule has 0 spiro atoms. The Balaban J connectivity index is 1.89. The Kier molecular flexibility index (Phi) is 9.96. The molecule has 43 heavy (non-hydrogen) atoms. The van der Waals surface area contributed by atoms with Gasteiger partial charge in [-0.2, -0.15) is 13.2 Å². The number of rotatable bonds is 10. The first-order valence-electron chi connectivity index (χ1n) is 14.7. The van der Waals surface area contributed by atoms with Gasteiger partial charge in [0, 0.05) is 36.7 Å². The molecule has 2 fully saturated rings. The second-order valence-corrected chi connectivity index (χ2v) is 12.1. The predicted octanol–water partition coefficient (Wildman–Crippen LogP) is 4.69. The first-order valence-corrected chi connectivity index (χ1v) is 14.7. The third-order valence-electron chi connectivity index (χ3n) is 9.02. The van der Waals surface area contributed by atoms with Crippen LogP contribution in [0.2, 0.25) is 0 Å². The number of carbonyl (C=O) groups excluding carboxylic acids is 3. The van der Waals surface area contributed by atoms with Gasteiger partial charge in [0.15, 0.2) is 5.78 Å². The summed E-state index contributed by atoms with van der Waals surface area (Å²) in [5.74, 6) is -4.29. The van der Waals surface area contributed by atoms with Crippen molar-refractivity contribution in [3.05, 3.63) is 70.5 Å². The number of amides is 2. The maximum atomic E-state index is 15.1. The molecular weight excluding hydrogens is 564 g/mol. The Morgan fingerprint density at radius 2 is 1.79 bits per heavy atom. The highest BCUT2D eigenvalue weighted by molar-refractivity contribution is 6.04. The zero-order valence-electron chi connectivity index (χ0n) is 24.8. The van der Waals surface area contributed by atoms with E-state index in [1.807, 2.05) is 19.0 Å². The monoisotopic (exact) mass is 604 g/mol. The Bertz CT molecular complexity index is 1350. The van der Waals surface area contributed by atoms with Crippen molar-refractivity contribution in [1.82, 2.24) is 15.1 Å². The van der Waals surface area contributed by atoms with Crippen molar-refractivity contribution in [3.63, 3.8) is 0 Å². The zero-order valence-corrected chi connectivity index (χ0v) is 24.8. The Hall–Kier alpha value is -3.31. The van der Waals surface area contributed by atoms with Crippen molar-refractivity contribution in [3.8, 4) is 0 Å². The summed E-state index contributed by atoms with van der Waals surface area (Å²) in [7, 11) is 3.86. The number of likely N-dealkylation sites (tertiary alicyclic amines) is 1. The van der Waals surface area contributed by atoms with E-state index >= 15 is 4.39 Å². The zero-order chi connectivity index (χ0) is 31.5. The number of ketones is 1. The second kappa shape index (κ2) is 13.1. The molecule has 11 heteroatoms. The number of nitrogens with zero attached hydrogens (tertiary/aromatic N) is 2. The lowest BCUT2D eigenvalue weighted by molar-refractivity contribution is -0.185. The number of halogens is 4. The van der Waals surface area contributed by atoms with Crippen molar-refractivity contribution in [2.45, 2.75) is 57.2 Å². The molecule has 2 aliphatic rings. The van der Waals surface area contributed by atoms with Crippen molar-refractivity contribution >= 4 is 17.6 Å². The van der Waals surface area contributed by atoms with Crippen molar-refractivity contribution in [2.75, 3.05) is 40.3 Å². The molecule has 0 bridgehead atoms. The van der Waals surface area contributed by atoms with Gasteiger partial charge in [-0.3, -0.25) is 14.4 Å². The van der Waals surface area contributed by atoms with Crippen molar-refractivity contribution in [2.24, 2.45) is 17.1 Å². The van der Waals surface area contributed by atoms with Gasteiger partial charge in [-0.1, -0.05) is 30.7 Å². The van der Waals surface area contributed by atoms with Crippen LogP contribution in [0.5, 0.6) is 0 Å². The Morgan fingerprint density at radius 3 is 2.47 bits per heavy atom. The van der Waals surface area contributed by atoms with Crippen LogP contribution in [-0.2, 0) is 4.79 Å². The van der Waals surface area contributed by atoms with Gasteiger partial charge in [-0.05, 0) is 82.6 Å². The topological polar surface area (TPSA) is 95.7 Å². The second-order valence-electron chi connectivity index (χ2n) is 12.1. The van der Waals surface area contributed by atoms with Crippen LogP contribution in [0.1, 0.15) is 69.9 Å². The van der Waals surface area contributed by atoms with E-state index in [4.69, 9.17) is 5.73 Å². The van der Waals surface area contributed by atoms with Crippen LogP contribution in [0.4, 0.5) is 17.6 Å². The van der Waals surface area contributed by atoms with Crippen molar-refractivity contribution < 1.29 is 31.9 Å². The summed E-state index contributed by atoms with van der Waals surface area (Å²) < 4.78 is 57.1. The maximum absolute atomic E-state index is 15.1. The fourth-order valence-corrected chi connectivity index (χ4v) is 6.90. The number of Topliss-reactive ketones (excluding diaryl/α,β-unsaturated/α-hetero) is 1. The van der Waals surface area contributed by atoms with Gasteiger partial charge in [0.2, 0.25) is 11.8 Å². The third kappa shape index (κ3) is 6.77. The maximum Gasteiger partial charge on any atom is 0.408 e. The molecule has 7 nitrogen and oxygen atoms in total. The standard InChI is InChI=1S/C32H40F4N4O3/c1-20-23(11-7-12-25(20)33)27-24(30(43)40-16-8-13-26(40)32(34,35)36)18-38-19-31(27,14-4-5-15-39(2)3)28(41)21-9-6-10-22(17-21)29(37)42/h6-7,9-12,17,24,26-27,38H,4-5,8,13-16,18-19H2,1-3H3,(H2,37,42)/t24-,26+,27+,31+/m1/s1. The number of carbonyl (C=O) groups is 3. The molecule has 2 heterocycles. The summed E-state index contributed by atoms with van der Waals surface area (Å²) in [6.45, 7) is 2.43. The third-order valence-corrected chi connectivity index (χ3v) is 9.02. The van der Waals surface area contributed by atoms with E-state index in [2.05, 4.69) is 5.32 Å². The molecule has 0 aliphatic carbocycles. The van der Waals surface area contributed by atoms with E-state index in [1.54, 1.807) is 25.1 Å². The molecule has 234 valence electrons. The summed E-state index contributed by atoms with van der Waals surface area (Å²) in [6.07, 6.45) is -2.98. The summed E-state index contributed by atoms with van der Waals surface area (Å²) in [5.41, 5.74) is 5.19. The highest BCUT2D eigenvalue weighted by Gasteiger charge is 2.56. The van der Waals surface area contributed by atoms with Gasteiger partial charge in [0.1, 0.15) is 11.9 Å². The lowest BCUT2D eigenvalue weighted by atomic mass is 9.58. The number of hydrogen-bond acceptors (Lipinski definition) is 5. The fourth-order valence-electron chi connectivity index (χ4n) is 6.90. The molecular formula is C32H40F4N4O3. The van der Waals surface area contributed by atoms with Gasteiger partial charge in [-0.15, -0.1) is 0 Å². The van der Waals surface area contributed by atoms with Gasteiger partial charge >= 0.3 is 6.18 Å². The minimum atomic E-state index is -4.59. The average Bonchev–Trinajstić information content (AvgIpc) is 3.47. The summed E-state index contributed by atoms with van der Waals surface area (Å²) >= 11 is 0. The first-order chi connectivity index (χ1) is 20.3. The molecule has 2 saturated heterocycles. The van der Waals surface area contributed by atoms with E-state index in [9.17, 15) is 27.6 Å². The Labute approximate surface area is 249 Å². The van der Waals surface area contributed by atoms with E-state index in [-0.39, 0.29) is 54.9 Å². The van der Waals surface area contributed by atoms with Gasteiger partial charge in [0.25, 0.3) is 0 Å². The molecule has 2 aromatic rings. The number of piperidine rings is 1. The molecule has 4 rings (SSSR count). The minimum Gasteiger partial charge on any atom is -0.366 e. The van der Waals surface area contributed by atoms with Crippen LogP contribution in [0.3, 0.4) is 0 Å². The predicted molar refractivity (Wildman–Crippen MR) is 155 cm³/mol. The number of unbranched alkanes of at least 4 members (excludes halogenated alkanes) is 1. The van der Waals surface area contributed by atoms with Gasteiger partial charge in [0.05, 0.1) is 11.3 Å². The van der Waals surface area contributed by atoms with Gasteiger partial charge < -0.3 is 20.9 Å². The lowest BCUT2D eigenvalue weighted by Crippen LogP contribution is -2.59. The van der Waals surface area contributed by atoms with E-state index in [1.165, 1.54) is 24.3 Å². The molecule has 0 radical (unpaired) electrons. The molecule has 4 atom stereocenters. The number of primary amides is 1. The van der Waals surface area contributed by atoms with Gasteiger partial charge in [-0.25, -0.2) is 4.39 Å². The van der Waals surface area contributed by atoms with E-state index < -0.39 is 47.1 Å². The number of alkyl halides is 3. The quantitative estimate of drug-likeness (QED) is 0.233. The highest BCUT2D eigenvalue weighted by atomic mass is 19.4. The van der Waals surface area contributed by atoms with Crippen molar-refractivity contribution in [1.29, 1.82) is 0 Å². The summed E-state index contributed by atoms with van der Waals surface area (Å²) in [5, 5.41) is 3.21. The smallest absolute Gasteiger partial charge is 0.366 e. The van der Waals surface area contributed by atoms with Crippen LogP contribution < -0.4 is 11.1 Å². The summed E-state index contributed by atoms with van der Waals surface area (Å²) in [4.78, 5) is 43.8. The van der Waals surface area contributed by atoms with Crippen LogP contribution in [0.25, 0.3) is 0 Å². The highest BCUT2D eigenvalue weighted by Crippen LogP contribution is 2.51. The van der Waals surface area contributed by atoms with Crippen LogP contribution in [0.15, 0.2) is 42.5 Å². The number of benzene rings is 2. The number of hydrogen-bond donors (Lipinski definition) is 2. The van der Waals surface area contributed by atoms with E-state index in [0.29, 0.717) is 18.4 Å². The number of nitrogens with two attached hydrogens (primary N) is 1. The normalized spacial score (nSPS) is 24.4. The van der Waals surface area contributed by atoms with E-state index in [0.717, 1.165) is 17.9 Å². The summed E-state index contributed by atoms with van der Waals surface area (Å²) in [6, 6.07) is 8.57. The molecule has 0 aromatic heterocycles.